The molecule has 2 rings (SSSR count). The molecule has 0 unspecified atom stereocenters. The number of fused-ring (bicyclic) bond motifs is 1. The smallest absolute Gasteiger partial charge is 0.141 e. The van der Waals surface area contributed by atoms with Crippen molar-refractivity contribution >= 4 is 17.4 Å². The third-order valence-electron chi connectivity index (χ3n) is 1.84. The first-order valence-electron chi connectivity index (χ1n) is 3.57. The highest BCUT2D eigenvalue weighted by atomic mass is 35.5. The molecule has 0 radical (unpaired) electrons. The van der Waals surface area contributed by atoms with Gasteiger partial charge in [0.1, 0.15) is 22.9 Å². The fourth-order valence-corrected chi connectivity index (χ4v) is 1.47. The van der Waals surface area contributed by atoms with Gasteiger partial charge in [-0.1, -0.05) is 11.6 Å². The Morgan fingerprint density at radius 1 is 1.50 bits per heavy atom. The van der Waals surface area contributed by atoms with Gasteiger partial charge in [-0.25, -0.2) is 9.97 Å². The molecule has 4 heteroatoms. The molecule has 62 valence electrons. The fourth-order valence-electron chi connectivity index (χ4n) is 1.26. The number of hydrogen-bond donors (Lipinski definition) is 0. The third-order valence-corrected chi connectivity index (χ3v) is 2.16. The summed E-state index contributed by atoms with van der Waals surface area (Å²) in [7, 11) is 1.62. The molecule has 1 aliphatic rings. The Balaban J connectivity index is 2.53. The molecular weight excluding hydrogens is 176 g/mol. The monoisotopic (exact) mass is 182 g/mol. The van der Waals surface area contributed by atoms with Crippen molar-refractivity contribution in [3.8, 4) is 0 Å². The van der Waals surface area contributed by atoms with E-state index in [1.807, 2.05) is 6.08 Å². The van der Waals surface area contributed by atoms with Gasteiger partial charge in [-0.3, -0.25) is 0 Å². The highest BCUT2D eigenvalue weighted by molar-refractivity contribution is 6.30. The predicted octanol–water partition coefficient (Wildman–Crippen LogP) is 1.67. The van der Waals surface area contributed by atoms with Gasteiger partial charge in [-0.05, 0) is 12.5 Å². The van der Waals surface area contributed by atoms with E-state index in [-0.39, 0.29) is 0 Å². The first-order chi connectivity index (χ1) is 5.83. The second-order valence-corrected chi connectivity index (χ2v) is 2.83. The van der Waals surface area contributed by atoms with Crippen LogP contribution in [-0.2, 0) is 11.2 Å². The van der Waals surface area contributed by atoms with Crippen molar-refractivity contribution in [2.24, 2.45) is 0 Å². The average molecular weight is 183 g/mol. The van der Waals surface area contributed by atoms with Crippen LogP contribution in [0.4, 0.5) is 0 Å². The molecule has 1 aliphatic carbocycles. The van der Waals surface area contributed by atoms with Crippen LogP contribution in [-0.4, -0.2) is 17.1 Å². The molecule has 0 bridgehead atoms. The maximum atomic E-state index is 5.85. The minimum Gasteiger partial charge on any atom is -0.495 e. The van der Waals surface area contributed by atoms with Crippen molar-refractivity contribution in [3.05, 3.63) is 28.8 Å². The summed E-state index contributed by atoms with van der Waals surface area (Å²) < 4.78 is 5.10. The van der Waals surface area contributed by atoms with E-state index in [0.717, 1.165) is 23.4 Å². The average Bonchev–Trinajstić information content (AvgIpc) is 2.49. The topological polar surface area (TPSA) is 35.0 Å². The summed E-state index contributed by atoms with van der Waals surface area (Å²) in [5, 5.41) is 0.517. The van der Waals surface area contributed by atoms with Crippen molar-refractivity contribution < 1.29 is 4.74 Å². The van der Waals surface area contributed by atoms with E-state index in [1.54, 1.807) is 7.11 Å². The van der Waals surface area contributed by atoms with Crippen LogP contribution in [0.5, 0.6) is 0 Å². The molecule has 0 aromatic carbocycles. The van der Waals surface area contributed by atoms with Crippen molar-refractivity contribution in [2.75, 3.05) is 7.11 Å². The zero-order valence-corrected chi connectivity index (χ0v) is 7.30. The molecule has 0 saturated heterocycles. The summed E-state index contributed by atoms with van der Waals surface area (Å²) >= 11 is 5.85. The highest BCUT2D eigenvalue weighted by Gasteiger charge is 2.18. The third kappa shape index (κ3) is 0.975. The fraction of sp³-hybridized carbons (Fsp3) is 0.250. The summed E-state index contributed by atoms with van der Waals surface area (Å²) in [4.78, 5) is 7.97. The standard InChI is InChI=1S/C8H7ClN2O/c1-12-6-3-2-5-7(6)10-4-11-8(5)9/h3-4H,2H2,1H3. The van der Waals surface area contributed by atoms with E-state index in [9.17, 15) is 0 Å². The largest absolute Gasteiger partial charge is 0.495 e. The number of ether oxygens (including phenoxy) is 1. The van der Waals surface area contributed by atoms with E-state index < -0.39 is 0 Å². The number of allylic oxidation sites excluding steroid dienone is 1. The number of halogens is 1. The Kier molecular flexibility index (Phi) is 1.73. The van der Waals surface area contributed by atoms with E-state index >= 15 is 0 Å². The van der Waals surface area contributed by atoms with Gasteiger partial charge in [0.05, 0.1) is 7.11 Å². The molecule has 3 nitrogen and oxygen atoms in total. The lowest BCUT2D eigenvalue weighted by atomic mass is 10.2. The number of aromatic nitrogens is 2. The van der Waals surface area contributed by atoms with Gasteiger partial charge < -0.3 is 4.74 Å². The molecule has 1 aromatic heterocycles. The second kappa shape index (κ2) is 2.75. The SMILES string of the molecule is COC1=CCc2c(Cl)ncnc21. The van der Waals surface area contributed by atoms with Gasteiger partial charge >= 0.3 is 0 Å². The maximum absolute atomic E-state index is 5.85. The van der Waals surface area contributed by atoms with Crippen LogP contribution in [0.3, 0.4) is 0 Å². The Hall–Kier alpha value is -1.09. The van der Waals surface area contributed by atoms with Gasteiger partial charge in [0.15, 0.2) is 0 Å². The lowest BCUT2D eigenvalue weighted by Gasteiger charge is -2.02. The van der Waals surface area contributed by atoms with Crippen molar-refractivity contribution in [1.82, 2.24) is 9.97 Å². The van der Waals surface area contributed by atoms with Crippen LogP contribution >= 0.6 is 11.6 Å². The molecule has 12 heavy (non-hydrogen) atoms. The van der Waals surface area contributed by atoms with Gasteiger partial charge in [0, 0.05) is 5.56 Å². The molecular formula is C8H7ClN2O. The van der Waals surface area contributed by atoms with Gasteiger partial charge in [0.25, 0.3) is 0 Å². The van der Waals surface area contributed by atoms with Crippen molar-refractivity contribution in [3.63, 3.8) is 0 Å². The molecule has 0 amide bonds. The Bertz CT molecular complexity index is 349. The van der Waals surface area contributed by atoms with Crippen molar-refractivity contribution in [2.45, 2.75) is 6.42 Å². The quantitative estimate of drug-likeness (QED) is 0.620. The molecule has 0 spiro atoms. The van der Waals surface area contributed by atoms with E-state index in [2.05, 4.69) is 9.97 Å². The Morgan fingerprint density at radius 2 is 2.33 bits per heavy atom. The predicted molar refractivity (Wildman–Crippen MR) is 45.7 cm³/mol. The van der Waals surface area contributed by atoms with Gasteiger partial charge in [-0.15, -0.1) is 0 Å². The maximum Gasteiger partial charge on any atom is 0.141 e. The van der Waals surface area contributed by atoms with Crippen LogP contribution in [0, 0.1) is 0 Å². The number of rotatable bonds is 1. The summed E-state index contributed by atoms with van der Waals surface area (Å²) in [5.41, 5.74) is 1.77. The van der Waals surface area contributed by atoms with Crippen LogP contribution in [0.1, 0.15) is 11.3 Å². The molecule has 0 atom stereocenters. The Morgan fingerprint density at radius 3 is 3.08 bits per heavy atom. The molecule has 1 aromatic rings. The minimum absolute atomic E-state index is 0.517. The molecule has 0 aliphatic heterocycles. The molecule has 0 saturated carbocycles. The van der Waals surface area contributed by atoms with E-state index in [0.29, 0.717) is 5.15 Å². The molecule has 0 fully saturated rings. The van der Waals surface area contributed by atoms with E-state index in [4.69, 9.17) is 16.3 Å². The van der Waals surface area contributed by atoms with Crippen LogP contribution in [0.2, 0.25) is 5.15 Å². The zero-order chi connectivity index (χ0) is 8.55. The summed E-state index contributed by atoms with van der Waals surface area (Å²) in [6, 6.07) is 0. The number of nitrogens with zero attached hydrogens (tertiary/aromatic N) is 2. The van der Waals surface area contributed by atoms with Gasteiger partial charge in [0.2, 0.25) is 0 Å². The first kappa shape index (κ1) is 7.55. The summed E-state index contributed by atoms with van der Waals surface area (Å²) in [6.45, 7) is 0. The number of methoxy groups -OCH3 is 1. The van der Waals surface area contributed by atoms with Crippen LogP contribution in [0.25, 0.3) is 5.76 Å². The van der Waals surface area contributed by atoms with Crippen molar-refractivity contribution in [1.29, 1.82) is 0 Å². The van der Waals surface area contributed by atoms with E-state index in [1.165, 1.54) is 6.33 Å². The Labute approximate surface area is 75.1 Å². The lowest BCUT2D eigenvalue weighted by Crippen LogP contribution is -1.94. The van der Waals surface area contributed by atoms with Crippen LogP contribution < -0.4 is 0 Å². The second-order valence-electron chi connectivity index (χ2n) is 2.47. The van der Waals surface area contributed by atoms with Gasteiger partial charge in [-0.2, -0.15) is 0 Å². The first-order valence-corrected chi connectivity index (χ1v) is 3.94. The normalized spacial score (nSPS) is 14.0. The minimum atomic E-state index is 0.517. The van der Waals surface area contributed by atoms with Crippen LogP contribution in [0.15, 0.2) is 12.4 Å². The molecule has 1 heterocycles. The molecule has 0 N–H and O–H groups in total. The summed E-state index contributed by atoms with van der Waals surface area (Å²) in [6.07, 6.45) is 4.16. The number of hydrogen-bond acceptors (Lipinski definition) is 3. The lowest BCUT2D eigenvalue weighted by molar-refractivity contribution is 0.369. The highest BCUT2D eigenvalue weighted by Crippen LogP contribution is 2.29. The summed E-state index contributed by atoms with van der Waals surface area (Å²) in [5.74, 6) is 0.786. The zero-order valence-electron chi connectivity index (χ0n) is 6.54.